The van der Waals surface area contributed by atoms with Crippen molar-refractivity contribution >= 4 is 17.6 Å². The Bertz CT molecular complexity index is 1470. The third-order valence-corrected chi connectivity index (χ3v) is 7.21. The maximum Gasteiger partial charge on any atom is 0.255 e. The molecule has 4 atom stereocenters. The molecule has 0 saturated carbocycles. The van der Waals surface area contributed by atoms with Gasteiger partial charge in [0.2, 0.25) is 5.91 Å². The van der Waals surface area contributed by atoms with Crippen LogP contribution in [0.3, 0.4) is 0 Å². The molecule has 1 saturated heterocycles. The van der Waals surface area contributed by atoms with E-state index in [0.717, 1.165) is 5.56 Å². The van der Waals surface area contributed by atoms with Crippen molar-refractivity contribution in [2.24, 2.45) is 11.7 Å². The molecule has 1 heterocycles. The smallest absolute Gasteiger partial charge is 0.255 e. The first-order valence-electron chi connectivity index (χ1n) is 12.4. The highest BCUT2D eigenvalue weighted by atomic mass is 19.1. The fourth-order valence-electron chi connectivity index (χ4n) is 5.60. The molecule has 1 aliphatic rings. The van der Waals surface area contributed by atoms with E-state index >= 15 is 0 Å². The lowest BCUT2D eigenvalue weighted by molar-refractivity contribution is -0.122. The van der Waals surface area contributed by atoms with Crippen molar-refractivity contribution in [2.45, 2.75) is 24.9 Å². The molecule has 0 bridgehead atoms. The molecule has 5 rings (SSSR count). The van der Waals surface area contributed by atoms with Crippen molar-refractivity contribution < 1.29 is 18.8 Å². The van der Waals surface area contributed by atoms with Gasteiger partial charge in [-0.05, 0) is 48.4 Å². The summed E-state index contributed by atoms with van der Waals surface area (Å²) in [5.41, 5.74) is 9.03. The van der Waals surface area contributed by atoms with E-state index < -0.39 is 41.6 Å². The maximum absolute atomic E-state index is 14.3. The van der Waals surface area contributed by atoms with E-state index in [-0.39, 0.29) is 5.78 Å². The van der Waals surface area contributed by atoms with Crippen molar-refractivity contribution in [3.63, 3.8) is 0 Å². The minimum absolute atomic E-state index is 0.216. The van der Waals surface area contributed by atoms with Gasteiger partial charge in [-0.3, -0.25) is 14.4 Å². The fraction of sp³-hybridized carbons (Fsp3) is 0.156. The first-order chi connectivity index (χ1) is 18.4. The number of ketones is 1. The van der Waals surface area contributed by atoms with Gasteiger partial charge in [0.15, 0.2) is 5.78 Å². The zero-order valence-electron chi connectivity index (χ0n) is 20.8. The molecule has 4 unspecified atom stereocenters. The number of amides is 2. The molecule has 1 aliphatic heterocycles. The van der Waals surface area contributed by atoms with E-state index in [2.05, 4.69) is 0 Å². The molecule has 5 nitrogen and oxygen atoms in total. The van der Waals surface area contributed by atoms with E-state index in [1.165, 1.54) is 17.0 Å². The zero-order chi connectivity index (χ0) is 26.8. The Morgan fingerprint density at radius 1 is 0.737 bits per heavy atom. The first kappa shape index (κ1) is 25.1. The summed E-state index contributed by atoms with van der Waals surface area (Å²) in [6, 6.07) is 28.8. The van der Waals surface area contributed by atoms with Crippen LogP contribution in [0.5, 0.6) is 0 Å². The molecule has 2 N–H and O–H groups in total. The third kappa shape index (κ3) is 4.61. The van der Waals surface area contributed by atoms with E-state index in [1.54, 1.807) is 60.7 Å². The Hall–Kier alpha value is -4.58. The van der Waals surface area contributed by atoms with E-state index in [0.29, 0.717) is 22.3 Å². The first-order valence-corrected chi connectivity index (χ1v) is 12.4. The van der Waals surface area contributed by atoms with Crippen LogP contribution in [0.25, 0.3) is 0 Å². The molecular formula is C32H27FN2O3. The number of nitrogens with two attached hydrogens (primary N) is 1. The quantitative estimate of drug-likeness (QED) is 0.352. The van der Waals surface area contributed by atoms with Crippen molar-refractivity contribution in [3.05, 3.63) is 143 Å². The number of primary amides is 1. The number of carbonyl (C=O) groups excluding carboxylic acids is 3. The average molecular weight is 507 g/mol. The van der Waals surface area contributed by atoms with Crippen LogP contribution >= 0.6 is 0 Å². The monoisotopic (exact) mass is 506 g/mol. The van der Waals surface area contributed by atoms with Crippen LogP contribution in [0.15, 0.2) is 109 Å². The van der Waals surface area contributed by atoms with Gasteiger partial charge in [0, 0.05) is 17.0 Å². The highest BCUT2D eigenvalue weighted by Gasteiger charge is 2.57. The van der Waals surface area contributed by atoms with Gasteiger partial charge in [-0.1, -0.05) is 84.4 Å². The lowest BCUT2D eigenvalue weighted by atomic mass is 9.76. The number of nitrogens with zero attached hydrogens (tertiary/aromatic N) is 1. The van der Waals surface area contributed by atoms with Gasteiger partial charge in [0.05, 0.1) is 12.0 Å². The number of halogens is 1. The minimum Gasteiger partial charge on any atom is -0.368 e. The van der Waals surface area contributed by atoms with Gasteiger partial charge in [-0.25, -0.2) is 4.39 Å². The lowest BCUT2D eigenvalue weighted by Crippen LogP contribution is -2.46. The summed E-state index contributed by atoms with van der Waals surface area (Å²) in [6.45, 7) is 1.90. The molecule has 4 aromatic rings. The molecule has 2 amide bonds. The number of benzene rings is 4. The molecule has 4 aromatic carbocycles. The predicted octanol–water partition coefficient (Wildman–Crippen LogP) is 5.47. The number of Topliss-reactive ketones (excluding diaryl/α,β-unsaturated/α-hetero) is 1. The predicted molar refractivity (Wildman–Crippen MR) is 143 cm³/mol. The Labute approximate surface area is 220 Å². The number of rotatable bonds is 6. The largest absolute Gasteiger partial charge is 0.368 e. The Balaban J connectivity index is 1.77. The highest BCUT2D eigenvalue weighted by Crippen LogP contribution is 2.51. The number of hydrogen-bond acceptors (Lipinski definition) is 3. The number of aryl methyl sites for hydroxylation is 1. The van der Waals surface area contributed by atoms with Gasteiger partial charge in [-0.15, -0.1) is 0 Å². The SMILES string of the molecule is Cc1cccc(C(=O)C2C(c3ccc(F)cc3)C(C(N)=O)N(C(=O)c3ccccc3)C2c2ccccc2)c1. The normalized spacial score (nSPS) is 20.7. The number of likely N-dealkylation sites (tertiary alicyclic amines) is 1. The van der Waals surface area contributed by atoms with Crippen molar-refractivity contribution in [3.8, 4) is 0 Å². The van der Waals surface area contributed by atoms with Crippen LogP contribution in [0.1, 0.15) is 49.4 Å². The zero-order valence-corrected chi connectivity index (χ0v) is 20.8. The second-order valence-corrected chi connectivity index (χ2v) is 9.62. The van der Waals surface area contributed by atoms with Gasteiger partial charge in [-0.2, -0.15) is 0 Å². The van der Waals surface area contributed by atoms with E-state index in [1.807, 2.05) is 43.3 Å². The van der Waals surface area contributed by atoms with Crippen LogP contribution in [-0.2, 0) is 4.79 Å². The topological polar surface area (TPSA) is 80.5 Å². The Kier molecular flexibility index (Phi) is 6.88. The second kappa shape index (κ2) is 10.4. The molecule has 190 valence electrons. The molecule has 0 aromatic heterocycles. The molecule has 0 radical (unpaired) electrons. The van der Waals surface area contributed by atoms with Gasteiger partial charge in [0.1, 0.15) is 11.9 Å². The van der Waals surface area contributed by atoms with Crippen LogP contribution in [0.2, 0.25) is 0 Å². The molecule has 0 aliphatic carbocycles. The summed E-state index contributed by atoms with van der Waals surface area (Å²) in [7, 11) is 0. The molecule has 0 spiro atoms. The highest BCUT2D eigenvalue weighted by molar-refractivity contribution is 6.04. The van der Waals surface area contributed by atoms with Crippen molar-refractivity contribution in [2.75, 3.05) is 0 Å². The van der Waals surface area contributed by atoms with E-state index in [4.69, 9.17) is 5.73 Å². The van der Waals surface area contributed by atoms with Crippen LogP contribution in [0.4, 0.5) is 4.39 Å². The Morgan fingerprint density at radius 3 is 1.95 bits per heavy atom. The van der Waals surface area contributed by atoms with Gasteiger partial charge >= 0.3 is 0 Å². The lowest BCUT2D eigenvalue weighted by Gasteiger charge is -2.31. The van der Waals surface area contributed by atoms with Crippen LogP contribution in [0, 0.1) is 18.7 Å². The van der Waals surface area contributed by atoms with Crippen molar-refractivity contribution in [1.29, 1.82) is 0 Å². The molecular weight excluding hydrogens is 479 g/mol. The summed E-state index contributed by atoms with van der Waals surface area (Å²) < 4.78 is 13.9. The van der Waals surface area contributed by atoms with E-state index in [9.17, 15) is 18.8 Å². The second-order valence-electron chi connectivity index (χ2n) is 9.62. The van der Waals surface area contributed by atoms with Gasteiger partial charge < -0.3 is 10.6 Å². The fourth-order valence-corrected chi connectivity index (χ4v) is 5.60. The van der Waals surface area contributed by atoms with Crippen LogP contribution in [-0.4, -0.2) is 28.5 Å². The molecule has 6 heteroatoms. The summed E-state index contributed by atoms with van der Waals surface area (Å²) in [4.78, 5) is 43.1. The summed E-state index contributed by atoms with van der Waals surface area (Å²) in [6.07, 6.45) is 0. The summed E-state index contributed by atoms with van der Waals surface area (Å²) >= 11 is 0. The maximum atomic E-state index is 14.3. The standard InChI is InChI=1S/C32H27FN2O3/c1-20-9-8-14-24(19-20)30(36)27-26(21-15-17-25(33)18-16-21)29(31(34)37)35(28(27)22-10-4-2-5-11-22)32(38)23-12-6-3-7-13-23/h2-19,26-29H,1H3,(H2,34,37). The number of hydrogen-bond donors (Lipinski definition) is 1. The molecule has 38 heavy (non-hydrogen) atoms. The van der Waals surface area contributed by atoms with Crippen molar-refractivity contribution in [1.82, 2.24) is 4.90 Å². The summed E-state index contributed by atoms with van der Waals surface area (Å²) in [5, 5.41) is 0. The minimum atomic E-state index is -1.14. The van der Waals surface area contributed by atoms with Gasteiger partial charge in [0.25, 0.3) is 5.91 Å². The number of carbonyl (C=O) groups is 3. The summed E-state index contributed by atoms with van der Waals surface area (Å²) in [5.74, 6) is -3.44. The Morgan fingerprint density at radius 2 is 1.34 bits per heavy atom. The average Bonchev–Trinajstić information content (AvgIpc) is 3.30. The third-order valence-electron chi connectivity index (χ3n) is 7.21. The molecule has 1 fully saturated rings. The van der Waals surface area contributed by atoms with Crippen LogP contribution < -0.4 is 5.73 Å².